The van der Waals surface area contributed by atoms with Crippen molar-refractivity contribution in [1.29, 1.82) is 0 Å². The second kappa shape index (κ2) is 17.4. The minimum Gasteiger partial charge on any atom is -0.303 e. The van der Waals surface area contributed by atoms with Gasteiger partial charge in [-0.2, -0.15) is 0 Å². The zero-order valence-corrected chi connectivity index (χ0v) is 14.2. The third kappa shape index (κ3) is 19.3. The molecule has 0 fully saturated rings. The lowest BCUT2D eigenvalue weighted by Gasteiger charge is -2.03. The molecule has 2 nitrogen and oxygen atoms in total. The van der Waals surface area contributed by atoms with Crippen molar-refractivity contribution in [3.63, 3.8) is 0 Å². The first-order valence-electron chi connectivity index (χ1n) is 9.20. The molecule has 0 rings (SSSR count). The summed E-state index contributed by atoms with van der Waals surface area (Å²) in [7, 11) is 0. The summed E-state index contributed by atoms with van der Waals surface area (Å²) in [5, 5.41) is 0. The number of carbonyl (C=O) groups excluding carboxylic acids is 2. The van der Waals surface area contributed by atoms with Gasteiger partial charge in [0, 0.05) is 12.8 Å². The lowest BCUT2D eigenvalue weighted by Crippen LogP contribution is -1.89. The summed E-state index contributed by atoms with van der Waals surface area (Å²) < 4.78 is 0. The highest BCUT2D eigenvalue weighted by molar-refractivity contribution is 5.75. The number of unbranched alkanes of at least 4 members (excludes halogenated alkanes) is 14. The zero-order chi connectivity index (χ0) is 15.6. The van der Waals surface area contributed by atoms with Crippen LogP contribution in [0.1, 0.15) is 110 Å². The van der Waals surface area contributed by atoms with E-state index in [0.717, 1.165) is 32.0 Å². The monoisotopic (exact) mass is 296 g/mol. The van der Waals surface area contributed by atoms with Crippen LogP contribution in [0.4, 0.5) is 0 Å². The quantitative estimate of drug-likeness (QED) is 0.243. The van der Waals surface area contributed by atoms with Crippen LogP contribution in [0.25, 0.3) is 0 Å². The summed E-state index contributed by atoms with van der Waals surface area (Å²) in [4.78, 5) is 20.9. The van der Waals surface area contributed by atoms with E-state index in [2.05, 4.69) is 0 Å². The van der Waals surface area contributed by atoms with Gasteiger partial charge in [-0.05, 0) is 19.8 Å². The van der Waals surface area contributed by atoms with E-state index in [1.165, 1.54) is 77.0 Å². The summed E-state index contributed by atoms with van der Waals surface area (Å²) in [6, 6.07) is 0. The van der Waals surface area contributed by atoms with Gasteiger partial charge in [-0.1, -0.05) is 77.0 Å². The summed E-state index contributed by atoms with van der Waals surface area (Å²) in [5.41, 5.74) is 0. The molecule has 0 atom stereocenters. The number of Topliss-reactive ketones (excluding diaryl/α,β-unsaturated/α-hetero) is 1. The third-order valence-electron chi connectivity index (χ3n) is 4.10. The highest BCUT2D eigenvalue weighted by Crippen LogP contribution is 2.13. The van der Waals surface area contributed by atoms with Crippen molar-refractivity contribution in [2.75, 3.05) is 0 Å². The average molecular weight is 296 g/mol. The fourth-order valence-electron chi connectivity index (χ4n) is 2.72. The second-order valence-electron chi connectivity index (χ2n) is 6.36. The van der Waals surface area contributed by atoms with Crippen molar-refractivity contribution in [3.05, 3.63) is 0 Å². The van der Waals surface area contributed by atoms with Gasteiger partial charge in [0.1, 0.15) is 12.1 Å². The van der Waals surface area contributed by atoms with Gasteiger partial charge in [0.25, 0.3) is 0 Å². The van der Waals surface area contributed by atoms with Gasteiger partial charge < -0.3 is 9.59 Å². The fraction of sp³-hybridized carbons (Fsp3) is 0.895. The van der Waals surface area contributed by atoms with Crippen LogP contribution < -0.4 is 0 Å². The standard InChI is InChI=1S/C19H36O2/c1-19(21)17-15-13-11-9-7-5-3-2-4-6-8-10-12-14-16-18-20/h18H,2-17H2,1H3. The highest BCUT2D eigenvalue weighted by atomic mass is 16.1. The lowest BCUT2D eigenvalue weighted by molar-refractivity contribution is -0.117. The van der Waals surface area contributed by atoms with Crippen LogP contribution in [-0.4, -0.2) is 12.1 Å². The Morgan fingerprint density at radius 2 is 0.952 bits per heavy atom. The number of aldehydes is 1. The molecule has 0 N–H and O–H groups in total. The van der Waals surface area contributed by atoms with E-state index in [4.69, 9.17) is 0 Å². The van der Waals surface area contributed by atoms with Crippen LogP contribution in [0.15, 0.2) is 0 Å². The van der Waals surface area contributed by atoms with E-state index >= 15 is 0 Å². The molecule has 0 saturated heterocycles. The Balaban J connectivity index is 2.96. The van der Waals surface area contributed by atoms with E-state index in [1.807, 2.05) is 0 Å². The fourth-order valence-corrected chi connectivity index (χ4v) is 2.72. The zero-order valence-electron chi connectivity index (χ0n) is 14.2. The van der Waals surface area contributed by atoms with Crippen molar-refractivity contribution in [3.8, 4) is 0 Å². The van der Waals surface area contributed by atoms with Crippen LogP contribution >= 0.6 is 0 Å². The minimum atomic E-state index is 0.332. The number of carbonyl (C=O) groups is 2. The first-order chi connectivity index (χ1) is 10.3. The minimum absolute atomic E-state index is 0.332. The van der Waals surface area contributed by atoms with E-state index in [1.54, 1.807) is 6.92 Å². The van der Waals surface area contributed by atoms with E-state index in [-0.39, 0.29) is 0 Å². The summed E-state index contributed by atoms with van der Waals surface area (Å²) in [6.07, 6.45) is 20.7. The Kier molecular flexibility index (Phi) is 16.8. The Morgan fingerprint density at radius 3 is 1.29 bits per heavy atom. The molecule has 0 saturated carbocycles. The largest absolute Gasteiger partial charge is 0.303 e. The maximum absolute atomic E-state index is 10.8. The Bertz CT molecular complexity index is 236. The van der Waals surface area contributed by atoms with Crippen molar-refractivity contribution >= 4 is 12.1 Å². The maximum atomic E-state index is 10.8. The normalized spacial score (nSPS) is 10.7. The molecular weight excluding hydrogens is 260 g/mol. The van der Waals surface area contributed by atoms with Crippen LogP contribution in [0.3, 0.4) is 0 Å². The van der Waals surface area contributed by atoms with Crippen molar-refractivity contribution in [1.82, 2.24) is 0 Å². The van der Waals surface area contributed by atoms with Gasteiger partial charge in [0.2, 0.25) is 0 Å². The van der Waals surface area contributed by atoms with Gasteiger partial charge >= 0.3 is 0 Å². The van der Waals surface area contributed by atoms with Crippen molar-refractivity contribution < 1.29 is 9.59 Å². The molecule has 0 bridgehead atoms. The highest BCUT2D eigenvalue weighted by Gasteiger charge is 1.95. The second-order valence-corrected chi connectivity index (χ2v) is 6.36. The first-order valence-corrected chi connectivity index (χ1v) is 9.20. The predicted molar refractivity (Wildman–Crippen MR) is 90.6 cm³/mol. The van der Waals surface area contributed by atoms with E-state index in [9.17, 15) is 9.59 Å². The van der Waals surface area contributed by atoms with Crippen molar-refractivity contribution in [2.24, 2.45) is 0 Å². The molecule has 124 valence electrons. The molecule has 0 unspecified atom stereocenters. The lowest BCUT2D eigenvalue weighted by atomic mass is 10.0. The number of ketones is 1. The molecule has 21 heavy (non-hydrogen) atoms. The van der Waals surface area contributed by atoms with Crippen molar-refractivity contribution in [2.45, 2.75) is 110 Å². The SMILES string of the molecule is CC(=O)CCCCCCCCCCCCCCCCC=O. The summed E-state index contributed by atoms with van der Waals surface area (Å²) in [6.45, 7) is 1.69. The topological polar surface area (TPSA) is 34.1 Å². The molecule has 0 heterocycles. The Labute approximate surface area is 132 Å². The summed E-state index contributed by atoms with van der Waals surface area (Å²) >= 11 is 0. The van der Waals surface area contributed by atoms with Gasteiger partial charge in [0.05, 0.1) is 0 Å². The number of hydrogen-bond donors (Lipinski definition) is 0. The van der Waals surface area contributed by atoms with E-state index < -0.39 is 0 Å². The molecule has 0 aromatic carbocycles. The molecule has 0 spiro atoms. The van der Waals surface area contributed by atoms with Crippen LogP contribution in [-0.2, 0) is 9.59 Å². The van der Waals surface area contributed by atoms with Gasteiger partial charge in [-0.15, -0.1) is 0 Å². The van der Waals surface area contributed by atoms with Gasteiger partial charge in [-0.3, -0.25) is 0 Å². The van der Waals surface area contributed by atoms with Crippen LogP contribution in [0.2, 0.25) is 0 Å². The average Bonchev–Trinajstić information content (AvgIpc) is 2.46. The molecule has 0 amide bonds. The Hall–Kier alpha value is -0.660. The molecule has 0 aromatic heterocycles. The molecule has 0 aromatic rings. The maximum Gasteiger partial charge on any atom is 0.129 e. The van der Waals surface area contributed by atoms with Crippen LogP contribution in [0.5, 0.6) is 0 Å². The molecule has 0 aliphatic carbocycles. The third-order valence-corrected chi connectivity index (χ3v) is 4.10. The molecule has 0 aliphatic heterocycles. The Morgan fingerprint density at radius 1 is 0.619 bits per heavy atom. The van der Waals surface area contributed by atoms with Gasteiger partial charge in [0.15, 0.2) is 0 Å². The molecule has 0 radical (unpaired) electrons. The van der Waals surface area contributed by atoms with Crippen LogP contribution in [0, 0.1) is 0 Å². The number of rotatable bonds is 17. The van der Waals surface area contributed by atoms with E-state index in [0.29, 0.717) is 5.78 Å². The van der Waals surface area contributed by atoms with Gasteiger partial charge in [-0.25, -0.2) is 0 Å². The molecular formula is C19H36O2. The molecule has 0 aliphatic rings. The molecule has 2 heteroatoms. The smallest absolute Gasteiger partial charge is 0.129 e. The predicted octanol–water partition coefficient (Wildman–Crippen LogP) is 6.02. The number of hydrogen-bond acceptors (Lipinski definition) is 2. The summed E-state index contributed by atoms with van der Waals surface area (Å²) in [5.74, 6) is 0.332. The first kappa shape index (κ1) is 20.3.